The predicted molar refractivity (Wildman–Crippen MR) is 132 cm³/mol. The molecule has 7 nitrogen and oxygen atoms in total. The highest BCUT2D eigenvalue weighted by atomic mass is 35.5. The first-order chi connectivity index (χ1) is 16.6. The minimum atomic E-state index is -4.37. The molecule has 11 heteroatoms. The molecule has 1 aromatic heterocycles. The third kappa shape index (κ3) is 4.29. The zero-order chi connectivity index (χ0) is 25.4. The summed E-state index contributed by atoms with van der Waals surface area (Å²) in [6, 6.07) is 16.5. The fraction of sp³-hybridized carbons (Fsp3) is 0.125. The van der Waals surface area contributed by atoms with Crippen LogP contribution in [0.15, 0.2) is 77.7 Å². The van der Waals surface area contributed by atoms with Gasteiger partial charge in [0.2, 0.25) is 0 Å². The second-order valence-corrected chi connectivity index (χ2v) is 12.0. The van der Waals surface area contributed by atoms with Crippen molar-refractivity contribution in [2.24, 2.45) is 0 Å². The predicted octanol–water partition coefficient (Wildman–Crippen LogP) is 4.72. The van der Waals surface area contributed by atoms with Gasteiger partial charge in [-0.25, -0.2) is 21.6 Å². The third-order valence-electron chi connectivity index (χ3n) is 5.33. The average Bonchev–Trinajstić information content (AvgIpc) is 3.20. The van der Waals surface area contributed by atoms with Crippen molar-refractivity contribution in [1.82, 2.24) is 3.97 Å². The van der Waals surface area contributed by atoms with Gasteiger partial charge in [-0.05, 0) is 61.5 Å². The molecule has 0 aliphatic rings. The van der Waals surface area contributed by atoms with Crippen LogP contribution in [0.5, 0.6) is 0 Å². The van der Waals surface area contributed by atoms with E-state index >= 15 is 0 Å². The molecule has 0 aliphatic heterocycles. The van der Waals surface area contributed by atoms with Crippen molar-refractivity contribution in [3.8, 4) is 0 Å². The van der Waals surface area contributed by atoms with E-state index in [0.717, 1.165) is 16.1 Å². The molecule has 0 aliphatic carbocycles. The maximum atomic E-state index is 14.4. The van der Waals surface area contributed by atoms with Crippen molar-refractivity contribution in [2.75, 3.05) is 13.7 Å². The number of benzene rings is 3. The fourth-order valence-corrected chi connectivity index (χ4v) is 7.74. The number of aromatic nitrogens is 1. The van der Waals surface area contributed by atoms with E-state index < -0.39 is 34.9 Å². The molecule has 4 rings (SSSR count). The van der Waals surface area contributed by atoms with Gasteiger partial charge in [-0.3, -0.25) is 4.57 Å². The summed E-state index contributed by atoms with van der Waals surface area (Å²) in [6.07, 6.45) is 0. The molecule has 1 atom stereocenters. The molecule has 3 aromatic carbocycles. The Bertz CT molecular complexity index is 1570. The Hall–Kier alpha value is -2.97. The summed E-state index contributed by atoms with van der Waals surface area (Å²) >= 11 is 6.23. The lowest BCUT2D eigenvalue weighted by Crippen LogP contribution is -2.28. The van der Waals surface area contributed by atoms with Gasteiger partial charge in [-0.1, -0.05) is 29.8 Å². The fourth-order valence-electron chi connectivity index (χ4n) is 3.81. The number of carbonyl (C=O) groups excluding carboxylic acids is 1. The molecule has 4 aromatic rings. The maximum absolute atomic E-state index is 14.4. The van der Waals surface area contributed by atoms with E-state index in [1.807, 2.05) is 0 Å². The van der Waals surface area contributed by atoms with Crippen LogP contribution in [0, 0.1) is 5.82 Å². The summed E-state index contributed by atoms with van der Waals surface area (Å²) in [5.74, 6) is -1.59. The maximum Gasteiger partial charge on any atom is 0.356 e. The summed E-state index contributed by atoms with van der Waals surface area (Å²) in [5.41, 5.74) is -0.432. The first kappa shape index (κ1) is 25.1. The van der Waals surface area contributed by atoms with Gasteiger partial charge in [0.25, 0.3) is 17.4 Å². The molecular weight excluding hydrogens is 516 g/mol. The summed E-state index contributed by atoms with van der Waals surface area (Å²) in [6.45, 7) is 1.49. The zero-order valence-electron chi connectivity index (χ0n) is 18.6. The van der Waals surface area contributed by atoms with Crippen LogP contribution >= 0.6 is 19.0 Å². The van der Waals surface area contributed by atoms with Crippen LogP contribution in [0.25, 0.3) is 10.9 Å². The number of ether oxygens (including phenoxy) is 1. The molecular formula is C24H20ClFNO6PS. The number of nitrogens with zero attached hydrogens (tertiary/aromatic N) is 1. The Labute approximate surface area is 206 Å². The van der Waals surface area contributed by atoms with Crippen molar-refractivity contribution >= 4 is 56.5 Å². The van der Waals surface area contributed by atoms with Crippen LogP contribution in [-0.4, -0.2) is 32.1 Å². The Morgan fingerprint density at radius 3 is 2.31 bits per heavy atom. The van der Waals surface area contributed by atoms with E-state index in [1.54, 1.807) is 25.1 Å². The van der Waals surface area contributed by atoms with E-state index in [4.69, 9.17) is 20.9 Å². The lowest BCUT2D eigenvalue weighted by molar-refractivity contribution is 0.0520. The second-order valence-electron chi connectivity index (χ2n) is 7.37. The van der Waals surface area contributed by atoms with Gasteiger partial charge in [-0.2, -0.15) is 0 Å². The van der Waals surface area contributed by atoms with Crippen LogP contribution in [0.4, 0.5) is 4.39 Å². The monoisotopic (exact) mass is 535 g/mol. The van der Waals surface area contributed by atoms with Gasteiger partial charge in [0, 0.05) is 22.8 Å². The first-order valence-electron chi connectivity index (χ1n) is 10.4. The molecule has 1 unspecified atom stereocenters. The highest BCUT2D eigenvalue weighted by Crippen LogP contribution is 2.48. The van der Waals surface area contributed by atoms with Crippen molar-refractivity contribution in [3.05, 3.63) is 89.3 Å². The SMILES string of the molecule is CCOC(=O)c1c(P(=O)(OC)c2ccc(F)cc2)c2cc(Cl)ccc2n1S(=O)(=O)c1ccccc1. The minimum Gasteiger partial charge on any atom is -0.461 e. The van der Waals surface area contributed by atoms with E-state index in [-0.39, 0.29) is 38.0 Å². The average molecular weight is 536 g/mol. The summed E-state index contributed by atoms with van der Waals surface area (Å²) in [4.78, 5) is 13.2. The van der Waals surface area contributed by atoms with E-state index in [9.17, 15) is 22.2 Å². The molecule has 0 amide bonds. The Morgan fingerprint density at radius 2 is 1.71 bits per heavy atom. The standard InChI is InChI=1S/C24H20ClFNO6PS/c1-3-33-24(28)22-23(34(29,32-2)18-12-10-17(26)11-13-18)20-15-16(25)9-14-21(20)27(22)35(30,31)19-7-5-4-6-8-19/h4-15H,3H2,1-2H3. The zero-order valence-corrected chi connectivity index (χ0v) is 21.1. The number of rotatable bonds is 7. The van der Waals surface area contributed by atoms with E-state index in [1.165, 1.54) is 49.6 Å². The van der Waals surface area contributed by atoms with E-state index in [2.05, 4.69) is 0 Å². The largest absolute Gasteiger partial charge is 0.461 e. The molecule has 1 heterocycles. The highest BCUT2D eigenvalue weighted by molar-refractivity contribution is 7.90. The van der Waals surface area contributed by atoms with Gasteiger partial charge in [0.1, 0.15) is 5.82 Å². The van der Waals surface area contributed by atoms with Gasteiger partial charge in [0.05, 0.1) is 22.3 Å². The molecule has 0 spiro atoms. The topological polar surface area (TPSA) is 91.7 Å². The number of hydrogen-bond donors (Lipinski definition) is 0. The van der Waals surface area contributed by atoms with Crippen molar-refractivity contribution < 1.29 is 31.4 Å². The molecule has 35 heavy (non-hydrogen) atoms. The second kappa shape index (κ2) is 9.59. The van der Waals surface area contributed by atoms with Crippen LogP contribution in [0.1, 0.15) is 17.4 Å². The smallest absolute Gasteiger partial charge is 0.356 e. The highest BCUT2D eigenvalue weighted by Gasteiger charge is 2.41. The van der Waals surface area contributed by atoms with Crippen molar-refractivity contribution in [1.29, 1.82) is 0 Å². The molecule has 0 saturated heterocycles. The van der Waals surface area contributed by atoms with Crippen LogP contribution < -0.4 is 10.6 Å². The van der Waals surface area contributed by atoms with Gasteiger partial charge < -0.3 is 9.26 Å². The number of hydrogen-bond acceptors (Lipinski definition) is 6. The van der Waals surface area contributed by atoms with Gasteiger partial charge in [0.15, 0.2) is 5.69 Å². The van der Waals surface area contributed by atoms with Crippen LogP contribution in [0.2, 0.25) is 5.02 Å². The lowest BCUT2D eigenvalue weighted by atomic mass is 10.2. The first-order valence-corrected chi connectivity index (χ1v) is 13.8. The Morgan fingerprint density at radius 1 is 1.06 bits per heavy atom. The van der Waals surface area contributed by atoms with Crippen LogP contribution in [0.3, 0.4) is 0 Å². The summed E-state index contributed by atoms with van der Waals surface area (Å²) in [7, 11) is -7.36. The third-order valence-corrected chi connectivity index (χ3v) is 9.82. The summed E-state index contributed by atoms with van der Waals surface area (Å²) in [5, 5.41) is 0.185. The number of carbonyl (C=O) groups is 1. The molecule has 0 N–H and O–H groups in total. The molecule has 0 fully saturated rings. The quantitative estimate of drug-likeness (QED) is 0.251. The van der Waals surface area contributed by atoms with Crippen molar-refractivity contribution in [3.63, 3.8) is 0 Å². The number of esters is 1. The minimum absolute atomic E-state index is 0.0516. The Kier molecular flexibility index (Phi) is 6.88. The normalized spacial score (nSPS) is 13.5. The van der Waals surface area contributed by atoms with Gasteiger partial charge in [-0.15, -0.1) is 0 Å². The lowest BCUT2D eigenvalue weighted by Gasteiger charge is -2.19. The number of fused-ring (bicyclic) bond motifs is 1. The molecule has 0 radical (unpaired) electrons. The van der Waals surface area contributed by atoms with E-state index in [0.29, 0.717) is 0 Å². The summed E-state index contributed by atoms with van der Waals surface area (Å²) < 4.78 is 67.2. The van der Waals surface area contributed by atoms with Gasteiger partial charge >= 0.3 is 5.97 Å². The number of halogens is 2. The van der Waals surface area contributed by atoms with Crippen molar-refractivity contribution in [2.45, 2.75) is 11.8 Å². The molecule has 0 saturated carbocycles. The molecule has 182 valence electrons. The molecule has 0 bridgehead atoms. The van der Waals surface area contributed by atoms with Crippen LogP contribution in [-0.2, 0) is 23.8 Å². The Balaban J connectivity index is 2.21.